The van der Waals surface area contributed by atoms with Gasteiger partial charge in [0.05, 0.1) is 5.02 Å². The summed E-state index contributed by atoms with van der Waals surface area (Å²) in [5.41, 5.74) is 0.923. The zero-order valence-corrected chi connectivity index (χ0v) is 9.32. The first-order chi connectivity index (χ1) is 7.75. The molecule has 3 heteroatoms. The Kier molecular flexibility index (Phi) is 3.32. The minimum atomic E-state index is 0.0881. The minimum Gasteiger partial charge on any atom is -0.506 e. The molecule has 2 aromatic rings. The van der Waals surface area contributed by atoms with Crippen molar-refractivity contribution in [1.82, 2.24) is 0 Å². The van der Waals surface area contributed by atoms with E-state index in [4.69, 9.17) is 16.3 Å². The van der Waals surface area contributed by atoms with Crippen LogP contribution in [0.3, 0.4) is 0 Å². The van der Waals surface area contributed by atoms with Gasteiger partial charge in [-0.1, -0.05) is 35.9 Å². The Morgan fingerprint density at radius 1 is 1.06 bits per heavy atom. The van der Waals surface area contributed by atoms with E-state index in [0.29, 0.717) is 11.6 Å². The number of rotatable bonds is 3. The normalized spacial score (nSPS) is 10.1. The van der Waals surface area contributed by atoms with Crippen LogP contribution in [0.4, 0.5) is 0 Å². The van der Waals surface area contributed by atoms with E-state index in [1.54, 1.807) is 18.2 Å². The van der Waals surface area contributed by atoms with Gasteiger partial charge in [-0.15, -0.1) is 0 Å². The molecule has 0 aromatic heterocycles. The van der Waals surface area contributed by atoms with Gasteiger partial charge in [0.25, 0.3) is 0 Å². The number of halogens is 1. The zero-order chi connectivity index (χ0) is 11.4. The lowest BCUT2D eigenvalue weighted by atomic mass is 10.2. The van der Waals surface area contributed by atoms with E-state index in [0.717, 1.165) is 11.3 Å². The second-order valence-electron chi connectivity index (χ2n) is 3.39. The van der Waals surface area contributed by atoms with Crippen molar-refractivity contribution >= 4 is 11.6 Å². The molecule has 0 saturated heterocycles. The van der Waals surface area contributed by atoms with Crippen molar-refractivity contribution in [3.63, 3.8) is 0 Å². The average molecular weight is 235 g/mol. The molecule has 82 valence electrons. The van der Waals surface area contributed by atoms with Crippen LogP contribution in [-0.4, -0.2) is 5.11 Å². The van der Waals surface area contributed by atoms with Crippen molar-refractivity contribution in [2.45, 2.75) is 6.61 Å². The summed E-state index contributed by atoms with van der Waals surface area (Å²) >= 11 is 5.79. The fourth-order valence-corrected chi connectivity index (χ4v) is 1.53. The maximum absolute atomic E-state index is 9.26. The van der Waals surface area contributed by atoms with Crippen LogP contribution in [0, 0.1) is 0 Å². The van der Waals surface area contributed by atoms with Crippen molar-refractivity contribution in [3.05, 3.63) is 59.1 Å². The monoisotopic (exact) mass is 234 g/mol. The molecule has 0 saturated carbocycles. The van der Waals surface area contributed by atoms with E-state index in [1.807, 2.05) is 30.3 Å². The molecule has 0 bridgehead atoms. The Balaban J connectivity index is 2.03. The summed E-state index contributed by atoms with van der Waals surface area (Å²) in [6.07, 6.45) is 0. The van der Waals surface area contributed by atoms with Crippen LogP contribution in [0.25, 0.3) is 0 Å². The summed E-state index contributed by atoms with van der Waals surface area (Å²) in [5.74, 6) is 0.900. The lowest BCUT2D eigenvalue weighted by Gasteiger charge is -2.06. The standard InChI is InChI=1S/C13H11ClO2/c14-12-8-10(6-7-13(12)15)9-16-11-4-2-1-3-5-11/h1-8,15H,9H2. The highest BCUT2D eigenvalue weighted by atomic mass is 35.5. The summed E-state index contributed by atoms with van der Waals surface area (Å²) in [7, 11) is 0. The third-order valence-corrected chi connectivity index (χ3v) is 2.46. The number of hydrogen-bond donors (Lipinski definition) is 1. The fraction of sp³-hybridized carbons (Fsp3) is 0.0769. The molecule has 0 fully saturated rings. The van der Waals surface area contributed by atoms with Crippen LogP contribution in [-0.2, 0) is 6.61 Å². The van der Waals surface area contributed by atoms with Gasteiger partial charge in [-0.2, -0.15) is 0 Å². The largest absolute Gasteiger partial charge is 0.506 e. The molecule has 0 amide bonds. The molecule has 0 aliphatic rings. The average Bonchev–Trinajstić information content (AvgIpc) is 2.32. The molecule has 0 aliphatic carbocycles. The number of ether oxygens (including phenoxy) is 1. The summed E-state index contributed by atoms with van der Waals surface area (Å²) < 4.78 is 5.55. The predicted octanol–water partition coefficient (Wildman–Crippen LogP) is 3.62. The lowest BCUT2D eigenvalue weighted by molar-refractivity contribution is 0.306. The van der Waals surface area contributed by atoms with Gasteiger partial charge in [-0.3, -0.25) is 0 Å². The molecule has 0 aliphatic heterocycles. The van der Waals surface area contributed by atoms with Crippen molar-refractivity contribution in [2.75, 3.05) is 0 Å². The van der Waals surface area contributed by atoms with E-state index in [-0.39, 0.29) is 5.75 Å². The Morgan fingerprint density at radius 2 is 1.81 bits per heavy atom. The van der Waals surface area contributed by atoms with Gasteiger partial charge in [-0.25, -0.2) is 0 Å². The second-order valence-corrected chi connectivity index (χ2v) is 3.79. The molecule has 16 heavy (non-hydrogen) atoms. The minimum absolute atomic E-state index is 0.0881. The molecule has 0 unspecified atom stereocenters. The van der Waals surface area contributed by atoms with Gasteiger partial charge >= 0.3 is 0 Å². The molecule has 2 nitrogen and oxygen atoms in total. The van der Waals surface area contributed by atoms with E-state index < -0.39 is 0 Å². The third-order valence-electron chi connectivity index (χ3n) is 2.16. The van der Waals surface area contributed by atoms with Crippen LogP contribution < -0.4 is 4.74 Å². The molecule has 2 aromatic carbocycles. The van der Waals surface area contributed by atoms with E-state index in [2.05, 4.69) is 0 Å². The van der Waals surface area contributed by atoms with Crippen LogP contribution >= 0.6 is 11.6 Å². The van der Waals surface area contributed by atoms with Crippen LogP contribution in [0.15, 0.2) is 48.5 Å². The first-order valence-corrected chi connectivity index (χ1v) is 5.29. The molecule has 0 atom stereocenters. The van der Waals surface area contributed by atoms with Crippen molar-refractivity contribution in [2.24, 2.45) is 0 Å². The molecular formula is C13H11ClO2. The third kappa shape index (κ3) is 2.67. The molecular weight excluding hydrogens is 224 g/mol. The van der Waals surface area contributed by atoms with E-state index in [1.165, 1.54) is 0 Å². The second kappa shape index (κ2) is 4.90. The van der Waals surface area contributed by atoms with Crippen molar-refractivity contribution < 1.29 is 9.84 Å². The number of phenolic OH excluding ortho intramolecular Hbond substituents is 1. The first kappa shape index (κ1) is 10.8. The Bertz CT molecular complexity index is 469. The highest BCUT2D eigenvalue weighted by Crippen LogP contribution is 2.24. The molecule has 1 N–H and O–H groups in total. The summed E-state index contributed by atoms with van der Waals surface area (Å²) in [4.78, 5) is 0. The molecule has 0 spiro atoms. The first-order valence-electron chi connectivity index (χ1n) is 4.91. The summed E-state index contributed by atoms with van der Waals surface area (Å²) in [6, 6.07) is 14.6. The number of phenols is 1. The number of para-hydroxylation sites is 1. The topological polar surface area (TPSA) is 29.5 Å². The molecule has 0 radical (unpaired) electrons. The van der Waals surface area contributed by atoms with Crippen LogP contribution in [0.5, 0.6) is 11.5 Å². The van der Waals surface area contributed by atoms with Crippen LogP contribution in [0.2, 0.25) is 5.02 Å². The van der Waals surface area contributed by atoms with Crippen molar-refractivity contribution in [1.29, 1.82) is 0 Å². The predicted molar refractivity (Wildman–Crippen MR) is 63.9 cm³/mol. The van der Waals surface area contributed by atoms with Gasteiger partial charge in [0, 0.05) is 0 Å². The highest BCUT2D eigenvalue weighted by Gasteiger charge is 2.00. The number of hydrogen-bond acceptors (Lipinski definition) is 2. The van der Waals surface area contributed by atoms with Crippen LogP contribution in [0.1, 0.15) is 5.56 Å². The molecule has 2 rings (SSSR count). The fourth-order valence-electron chi connectivity index (χ4n) is 1.32. The summed E-state index contributed by atoms with van der Waals surface area (Å²) in [5, 5.41) is 9.60. The smallest absolute Gasteiger partial charge is 0.134 e. The van der Waals surface area contributed by atoms with E-state index in [9.17, 15) is 5.11 Å². The highest BCUT2D eigenvalue weighted by molar-refractivity contribution is 6.32. The zero-order valence-electron chi connectivity index (χ0n) is 8.56. The van der Waals surface area contributed by atoms with Gasteiger partial charge in [0.15, 0.2) is 0 Å². The lowest BCUT2D eigenvalue weighted by Crippen LogP contribution is -1.94. The maximum atomic E-state index is 9.26. The number of benzene rings is 2. The SMILES string of the molecule is Oc1ccc(COc2ccccc2)cc1Cl. The Labute approximate surface area is 99.1 Å². The molecule has 0 heterocycles. The number of aromatic hydroxyl groups is 1. The van der Waals surface area contributed by atoms with Gasteiger partial charge < -0.3 is 9.84 Å². The quantitative estimate of drug-likeness (QED) is 0.879. The maximum Gasteiger partial charge on any atom is 0.134 e. The van der Waals surface area contributed by atoms with E-state index >= 15 is 0 Å². The van der Waals surface area contributed by atoms with Gasteiger partial charge in [0.2, 0.25) is 0 Å². The Morgan fingerprint density at radius 3 is 2.50 bits per heavy atom. The van der Waals surface area contributed by atoms with Gasteiger partial charge in [-0.05, 0) is 29.8 Å². The van der Waals surface area contributed by atoms with Crippen molar-refractivity contribution in [3.8, 4) is 11.5 Å². The summed E-state index contributed by atoms with van der Waals surface area (Å²) in [6.45, 7) is 0.435. The Hall–Kier alpha value is -1.67. The van der Waals surface area contributed by atoms with Gasteiger partial charge in [0.1, 0.15) is 18.1 Å².